The Morgan fingerprint density at radius 1 is 1.62 bits per heavy atom. The minimum Gasteiger partial charge on any atom is -0.258 e. The van der Waals surface area contributed by atoms with Crippen molar-refractivity contribution in [1.29, 1.82) is 0 Å². The van der Waals surface area contributed by atoms with E-state index in [0.29, 0.717) is 11.0 Å². The molecule has 9 nitrogen and oxygen atoms in total. The molecule has 0 atom stereocenters. The molecule has 0 amide bonds. The van der Waals surface area contributed by atoms with Gasteiger partial charge in [-0.25, -0.2) is 4.68 Å². The smallest absolute Gasteiger partial charge is 0.258 e. The lowest BCUT2D eigenvalue weighted by molar-refractivity contribution is -0.385. The topological polar surface area (TPSA) is 105 Å². The van der Waals surface area contributed by atoms with E-state index in [-0.39, 0.29) is 5.69 Å². The second kappa shape index (κ2) is 4.26. The van der Waals surface area contributed by atoms with Crippen molar-refractivity contribution in [2.45, 2.75) is 11.0 Å². The zero-order valence-electron chi connectivity index (χ0n) is 8.22. The summed E-state index contributed by atoms with van der Waals surface area (Å²) in [4.78, 5) is 9.92. The van der Waals surface area contributed by atoms with Crippen molar-refractivity contribution in [3.63, 3.8) is 0 Å². The molecule has 0 saturated heterocycles. The van der Waals surface area contributed by atoms with Gasteiger partial charge in [0.25, 0.3) is 0 Å². The molecule has 0 N–H and O–H groups in total. The molecular weight excluding hydrogens is 234 g/mol. The molecule has 0 aliphatic heterocycles. The largest absolute Gasteiger partial charge is 0.307 e. The summed E-state index contributed by atoms with van der Waals surface area (Å²) in [5.74, 6) is 0.419. The van der Waals surface area contributed by atoms with Gasteiger partial charge in [-0.05, 0) is 10.4 Å². The number of rotatable bonds is 4. The quantitative estimate of drug-likeness (QED) is 0.423. The van der Waals surface area contributed by atoms with E-state index in [1.54, 1.807) is 7.05 Å². The number of aromatic nitrogens is 6. The first kappa shape index (κ1) is 10.5. The summed E-state index contributed by atoms with van der Waals surface area (Å²) in [5, 5.41) is 25.8. The van der Waals surface area contributed by atoms with Gasteiger partial charge in [0, 0.05) is 7.05 Å². The molecule has 2 aromatic heterocycles. The lowest BCUT2D eigenvalue weighted by atomic mass is 10.6. The molecule has 0 fully saturated rings. The summed E-state index contributed by atoms with van der Waals surface area (Å²) in [6, 6.07) is 0. The zero-order valence-corrected chi connectivity index (χ0v) is 9.03. The zero-order chi connectivity index (χ0) is 11.5. The monoisotopic (exact) mass is 241 g/mol. The second-order valence-corrected chi connectivity index (χ2v) is 3.77. The second-order valence-electron chi connectivity index (χ2n) is 2.85. The van der Waals surface area contributed by atoms with E-state index in [1.807, 2.05) is 0 Å². The Morgan fingerprint density at radius 2 is 2.44 bits per heavy atom. The normalized spacial score (nSPS) is 10.6. The molecule has 2 rings (SSSR count). The number of nitro groups is 1. The Balaban J connectivity index is 2.00. The summed E-state index contributed by atoms with van der Waals surface area (Å²) < 4.78 is 2.97. The molecule has 0 aromatic carbocycles. The van der Waals surface area contributed by atoms with Gasteiger partial charge in [-0.2, -0.15) is 5.10 Å². The van der Waals surface area contributed by atoms with Gasteiger partial charge in [0.05, 0.1) is 10.8 Å². The highest BCUT2D eigenvalue weighted by Crippen LogP contribution is 2.16. The Morgan fingerprint density at radius 3 is 3.00 bits per heavy atom. The fraction of sp³-hybridized carbons (Fsp3) is 0.333. The van der Waals surface area contributed by atoms with Crippen LogP contribution in [0.2, 0.25) is 0 Å². The average Bonchev–Trinajstić information content (AvgIpc) is 2.83. The van der Waals surface area contributed by atoms with Crippen LogP contribution in [0.5, 0.6) is 0 Å². The SMILES string of the molecule is Cn1nnnc1SCn1cc([N+](=O)[O-])cn1. The summed E-state index contributed by atoms with van der Waals surface area (Å²) in [6.07, 6.45) is 2.56. The predicted molar refractivity (Wildman–Crippen MR) is 53.5 cm³/mol. The molecule has 0 saturated carbocycles. The van der Waals surface area contributed by atoms with Crippen molar-refractivity contribution in [2.24, 2.45) is 7.05 Å². The van der Waals surface area contributed by atoms with Crippen molar-refractivity contribution in [3.8, 4) is 0 Å². The Bertz CT molecular complexity index is 506. The first-order chi connectivity index (χ1) is 7.66. The molecule has 2 aromatic rings. The van der Waals surface area contributed by atoms with Crippen LogP contribution in [0.15, 0.2) is 17.6 Å². The minimum absolute atomic E-state index is 0.0308. The van der Waals surface area contributed by atoms with Crippen LogP contribution in [0.25, 0.3) is 0 Å². The van der Waals surface area contributed by atoms with E-state index in [4.69, 9.17) is 0 Å². The molecule has 0 unspecified atom stereocenters. The van der Waals surface area contributed by atoms with Gasteiger partial charge < -0.3 is 0 Å². The predicted octanol–water partition coefficient (Wildman–Crippen LogP) is 0.0646. The highest BCUT2D eigenvalue weighted by Gasteiger charge is 2.09. The highest BCUT2D eigenvalue weighted by molar-refractivity contribution is 7.98. The molecule has 84 valence electrons. The van der Waals surface area contributed by atoms with Gasteiger partial charge in [0.1, 0.15) is 12.4 Å². The molecule has 0 bridgehead atoms. The summed E-state index contributed by atoms with van der Waals surface area (Å²) in [5.41, 5.74) is -0.0308. The van der Waals surface area contributed by atoms with Gasteiger partial charge in [0.2, 0.25) is 5.16 Å². The lowest BCUT2D eigenvalue weighted by Crippen LogP contribution is -1.98. The van der Waals surface area contributed by atoms with E-state index in [1.165, 1.54) is 33.5 Å². The third kappa shape index (κ3) is 2.16. The van der Waals surface area contributed by atoms with Crippen molar-refractivity contribution in [2.75, 3.05) is 0 Å². The molecule has 0 aliphatic rings. The van der Waals surface area contributed by atoms with E-state index < -0.39 is 4.92 Å². The fourth-order valence-corrected chi connectivity index (χ4v) is 1.69. The van der Waals surface area contributed by atoms with Crippen LogP contribution < -0.4 is 0 Å². The Kier molecular flexibility index (Phi) is 2.81. The molecule has 0 aliphatic carbocycles. The molecule has 16 heavy (non-hydrogen) atoms. The van der Waals surface area contributed by atoms with E-state index >= 15 is 0 Å². The summed E-state index contributed by atoms with van der Waals surface area (Å²) in [7, 11) is 1.72. The highest BCUT2D eigenvalue weighted by atomic mass is 32.2. The lowest BCUT2D eigenvalue weighted by Gasteiger charge is -1.98. The van der Waals surface area contributed by atoms with Crippen molar-refractivity contribution >= 4 is 17.4 Å². The number of hydrogen-bond donors (Lipinski definition) is 0. The average molecular weight is 241 g/mol. The standard InChI is InChI=1S/C6H7N7O2S/c1-11-6(8-9-10-11)16-4-12-3-5(2-7-12)13(14)15/h2-3H,4H2,1H3. The minimum atomic E-state index is -0.488. The molecule has 10 heteroatoms. The number of tetrazole rings is 1. The van der Waals surface area contributed by atoms with Crippen molar-refractivity contribution in [1.82, 2.24) is 30.0 Å². The van der Waals surface area contributed by atoms with Crippen LogP contribution in [-0.4, -0.2) is 34.9 Å². The van der Waals surface area contributed by atoms with Crippen molar-refractivity contribution < 1.29 is 4.92 Å². The third-order valence-corrected chi connectivity index (χ3v) is 2.74. The van der Waals surface area contributed by atoms with Gasteiger partial charge in [-0.1, -0.05) is 11.8 Å². The third-order valence-electron chi connectivity index (χ3n) is 1.74. The number of hydrogen-bond acceptors (Lipinski definition) is 7. The van der Waals surface area contributed by atoms with Crippen LogP contribution in [0.3, 0.4) is 0 Å². The first-order valence-corrected chi connectivity index (χ1v) is 5.17. The molecular formula is C6H7N7O2S. The maximum Gasteiger partial charge on any atom is 0.307 e. The van der Waals surface area contributed by atoms with Gasteiger partial charge >= 0.3 is 5.69 Å². The number of thioether (sulfide) groups is 1. The van der Waals surface area contributed by atoms with E-state index in [2.05, 4.69) is 20.6 Å². The first-order valence-electron chi connectivity index (χ1n) is 4.19. The van der Waals surface area contributed by atoms with Crippen LogP contribution in [0.4, 0.5) is 5.69 Å². The number of aryl methyl sites for hydroxylation is 1. The van der Waals surface area contributed by atoms with Crippen LogP contribution in [0, 0.1) is 10.1 Å². The molecule has 2 heterocycles. The maximum absolute atomic E-state index is 10.4. The molecule has 0 spiro atoms. The summed E-state index contributed by atoms with van der Waals surface area (Å²) >= 11 is 1.34. The van der Waals surface area contributed by atoms with Crippen LogP contribution in [0.1, 0.15) is 0 Å². The van der Waals surface area contributed by atoms with Crippen LogP contribution >= 0.6 is 11.8 Å². The Hall–Kier alpha value is -1.97. The van der Waals surface area contributed by atoms with E-state index in [9.17, 15) is 10.1 Å². The van der Waals surface area contributed by atoms with Crippen molar-refractivity contribution in [3.05, 3.63) is 22.5 Å². The fourth-order valence-electron chi connectivity index (χ4n) is 0.985. The number of nitrogens with zero attached hydrogens (tertiary/aromatic N) is 7. The maximum atomic E-state index is 10.4. The van der Waals surface area contributed by atoms with Gasteiger partial charge in [0.15, 0.2) is 0 Å². The van der Waals surface area contributed by atoms with Gasteiger partial charge in [-0.15, -0.1) is 5.10 Å². The summed E-state index contributed by atoms with van der Waals surface area (Å²) in [6.45, 7) is 0. The van der Waals surface area contributed by atoms with Gasteiger partial charge in [-0.3, -0.25) is 14.8 Å². The Labute approximate surface area is 93.6 Å². The van der Waals surface area contributed by atoms with Crippen LogP contribution in [-0.2, 0) is 12.9 Å². The molecule has 0 radical (unpaired) electrons. The van der Waals surface area contributed by atoms with E-state index in [0.717, 1.165) is 0 Å².